The van der Waals surface area contributed by atoms with Crippen LogP contribution < -0.4 is 5.56 Å². The van der Waals surface area contributed by atoms with Crippen molar-refractivity contribution in [3.63, 3.8) is 0 Å². The maximum atomic E-state index is 13.8. The van der Waals surface area contributed by atoms with Crippen molar-refractivity contribution in [1.29, 1.82) is 0 Å². The predicted molar refractivity (Wildman–Crippen MR) is 58.9 cm³/mol. The second-order valence-corrected chi connectivity index (χ2v) is 4.29. The Hall–Kier alpha value is -1.13. The monoisotopic (exact) mass is 278 g/mol. The molecule has 1 fully saturated rings. The number of aliphatic hydroxyl groups excluding tert-OH is 3. The number of H-pyrrole nitrogens is 1. The van der Waals surface area contributed by atoms with Crippen LogP contribution in [0.1, 0.15) is 6.23 Å². The average molecular weight is 278 g/mol. The number of rotatable bonds is 2. The van der Waals surface area contributed by atoms with Gasteiger partial charge >= 0.3 is 0 Å². The summed E-state index contributed by atoms with van der Waals surface area (Å²) in [5, 5.41) is 28.0. The molecule has 18 heavy (non-hydrogen) atoms. The maximum absolute atomic E-state index is 13.8. The van der Waals surface area contributed by atoms with E-state index < -0.39 is 36.5 Å². The zero-order valence-electron chi connectivity index (χ0n) is 8.99. The van der Waals surface area contributed by atoms with E-state index in [0.29, 0.717) is 0 Å². The quantitative estimate of drug-likeness (QED) is 0.507. The molecule has 0 aliphatic carbocycles. The Labute approximate surface area is 105 Å². The fourth-order valence-corrected chi connectivity index (χ4v) is 2.00. The molecule has 0 saturated carbocycles. The molecule has 2 rings (SSSR count). The summed E-state index contributed by atoms with van der Waals surface area (Å²) >= 11 is 4.83. The van der Waals surface area contributed by atoms with Gasteiger partial charge in [-0.05, 0) is 12.2 Å². The minimum atomic E-state index is -2.77. The van der Waals surface area contributed by atoms with Gasteiger partial charge in [0.1, 0.15) is 18.8 Å². The third kappa shape index (κ3) is 1.99. The summed E-state index contributed by atoms with van der Waals surface area (Å²) in [7, 11) is 0. The minimum absolute atomic E-state index is 0.0964. The molecule has 4 atom stereocenters. The van der Waals surface area contributed by atoms with E-state index in [1.54, 1.807) is 0 Å². The van der Waals surface area contributed by atoms with Crippen molar-refractivity contribution in [2.24, 2.45) is 0 Å². The molecule has 0 spiro atoms. The van der Waals surface area contributed by atoms with Crippen LogP contribution in [-0.2, 0) is 4.74 Å². The molecule has 0 amide bonds. The first kappa shape index (κ1) is 13.3. The van der Waals surface area contributed by atoms with Crippen LogP contribution in [-0.4, -0.2) is 49.5 Å². The van der Waals surface area contributed by atoms with E-state index >= 15 is 0 Å². The highest BCUT2D eigenvalue weighted by Gasteiger charge is 2.55. The van der Waals surface area contributed by atoms with Crippen LogP contribution in [0.3, 0.4) is 0 Å². The summed E-state index contributed by atoms with van der Waals surface area (Å²) in [5.41, 5.74) is -0.460. The van der Waals surface area contributed by atoms with Crippen molar-refractivity contribution >= 4 is 12.2 Å². The Balaban J connectivity index is 2.41. The Kier molecular flexibility index (Phi) is 3.34. The second kappa shape index (κ2) is 4.52. The molecule has 0 bridgehead atoms. The topological polar surface area (TPSA) is 108 Å². The largest absolute Gasteiger partial charge is 0.390 e. The molecule has 0 radical (unpaired) electrons. The standard InChI is InChI=1S/C9H11FN2O5S/c10-9(3-13)6(16)5(15)7(17-9)12-2-1-4(14)11-8(12)18/h1-2,5-7,13,15-16H,3H2,(H,11,14,18)/t5-,6+,7-,9-/m1/s1. The summed E-state index contributed by atoms with van der Waals surface area (Å²) in [6, 6.07) is 1.11. The summed E-state index contributed by atoms with van der Waals surface area (Å²) in [4.78, 5) is 13.2. The van der Waals surface area contributed by atoms with Crippen LogP contribution in [0.4, 0.5) is 4.39 Å². The summed E-state index contributed by atoms with van der Waals surface area (Å²) in [6.07, 6.45) is -3.67. The molecule has 1 saturated heterocycles. The number of halogens is 1. The zero-order chi connectivity index (χ0) is 13.5. The van der Waals surface area contributed by atoms with Gasteiger partial charge in [-0.1, -0.05) is 0 Å². The normalized spacial score (nSPS) is 35.9. The van der Waals surface area contributed by atoms with Gasteiger partial charge in [0.2, 0.25) is 0 Å². The number of hydrogen-bond donors (Lipinski definition) is 4. The number of alkyl halides is 1. The van der Waals surface area contributed by atoms with Crippen molar-refractivity contribution in [3.05, 3.63) is 27.4 Å². The Bertz CT molecular complexity index is 560. The summed E-state index contributed by atoms with van der Waals surface area (Å²) in [5.74, 6) is -2.77. The molecule has 0 aromatic carbocycles. The highest BCUT2D eigenvalue weighted by Crippen LogP contribution is 2.37. The van der Waals surface area contributed by atoms with Gasteiger partial charge in [-0.15, -0.1) is 0 Å². The van der Waals surface area contributed by atoms with Crippen LogP contribution in [0.25, 0.3) is 0 Å². The van der Waals surface area contributed by atoms with E-state index in [1.807, 2.05) is 0 Å². The zero-order valence-corrected chi connectivity index (χ0v) is 9.80. The SMILES string of the molecule is O=c1ccn([C@@H]2O[C@](F)(CO)[C@@H](O)[C@H]2O)c(=S)[nH]1. The number of aromatic nitrogens is 2. The summed E-state index contributed by atoms with van der Waals surface area (Å²) < 4.78 is 19.6. The fourth-order valence-electron chi connectivity index (χ4n) is 1.73. The van der Waals surface area contributed by atoms with E-state index in [0.717, 1.165) is 10.6 Å². The van der Waals surface area contributed by atoms with Gasteiger partial charge in [0, 0.05) is 12.3 Å². The van der Waals surface area contributed by atoms with Gasteiger partial charge in [0.15, 0.2) is 11.0 Å². The molecule has 1 aromatic rings. The van der Waals surface area contributed by atoms with Crippen LogP contribution >= 0.6 is 12.2 Å². The predicted octanol–water partition coefficient (Wildman–Crippen LogP) is -1.19. The highest BCUT2D eigenvalue weighted by molar-refractivity contribution is 7.71. The number of nitrogens with zero attached hydrogens (tertiary/aromatic N) is 1. The molecule has 0 unspecified atom stereocenters. The van der Waals surface area contributed by atoms with Crippen LogP contribution in [0.5, 0.6) is 0 Å². The molecule has 9 heteroatoms. The van der Waals surface area contributed by atoms with Gasteiger partial charge in [0.05, 0.1) is 0 Å². The van der Waals surface area contributed by atoms with Crippen molar-refractivity contribution in [3.8, 4) is 0 Å². The maximum Gasteiger partial charge on any atom is 0.263 e. The Morgan fingerprint density at radius 1 is 1.61 bits per heavy atom. The molecule has 1 aliphatic rings. The lowest BCUT2D eigenvalue weighted by Crippen LogP contribution is -2.42. The van der Waals surface area contributed by atoms with Gasteiger partial charge in [-0.2, -0.15) is 0 Å². The number of aromatic amines is 1. The first-order chi connectivity index (χ1) is 8.39. The van der Waals surface area contributed by atoms with Gasteiger partial charge in [-0.3, -0.25) is 14.3 Å². The van der Waals surface area contributed by atoms with Gasteiger partial charge < -0.3 is 20.1 Å². The number of nitrogens with one attached hydrogen (secondary N) is 1. The molecule has 4 N–H and O–H groups in total. The van der Waals surface area contributed by atoms with Gasteiger partial charge in [-0.25, -0.2) is 4.39 Å². The molecule has 2 heterocycles. The van der Waals surface area contributed by atoms with E-state index in [9.17, 15) is 19.4 Å². The van der Waals surface area contributed by atoms with Crippen LogP contribution in [0, 0.1) is 4.77 Å². The van der Waals surface area contributed by atoms with E-state index in [-0.39, 0.29) is 4.77 Å². The molecule has 1 aromatic heterocycles. The summed E-state index contributed by atoms with van der Waals surface area (Å²) in [6.45, 7) is -1.11. The third-order valence-corrected chi connectivity index (χ3v) is 3.03. The number of ether oxygens (including phenoxy) is 1. The lowest BCUT2D eigenvalue weighted by atomic mass is 10.1. The van der Waals surface area contributed by atoms with Crippen LogP contribution in [0.15, 0.2) is 17.1 Å². The highest BCUT2D eigenvalue weighted by atomic mass is 32.1. The Morgan fingerprint density at radius 3 is 2.78 bits per heavy atom. The van der Waals surface area contributed by atoms with Crippen LogP contribution in [0.2, 0.25) is 0 Å². The molecule has 7 nitrogen and oxygen atoms in total. The van der Waals surface area contributed by atoms with E-state index in [2.05, 4.69) is 4.98 Å². The van der Waals surface area contributed by atoms with E-state index in [1.165, 1.54) is 6.20 Å². The fraction of sp³-hybridized carbons (Fsp3) is 0.556. The first-order valence-electron chi connectivity index (χ1n) is 5.04. The van der Waals surface area contributed by atoms with Crippen molar-refractivity contribution in [1.82, 2.24) is 9.55 Å². The third-order valence-electron chi connectivity index (χ3n) is 2.71. The second-order valence-electron chi connectivity index (χ2n) is 3.91. The molecule has 1 aliphatic heterocycles. The molecule has 100 valence electrons. The molecular formula is C9H11FN2O5S. The van der Waals surface area contributed by atoms with Crippen molar-refractivity contribution in [2.75, 3.05) is 6.61 Å². The lowest BCUT2D eigenvalue weighted by molar-refractivity contribution is -0.207. The first-order valence-corrected chi connectivity index (χ1v) is 5.45. The Morgan fingerprint density at radius 2 is 2.28 bits per heavy atom. The van der Waals surface area contributed by atoms with Crippen molar-refractivity contribution < 1.29 is 24.4 Å². The van der Waals surface area contributed by atoms with Crippen molar-refractivity contribution in [2.45, 2.75) is 24.3 Å². The van der Waals surface area contributed by atoms with E-state index in [4.69, 9.17) is 22.1 Å². The number of hydrogen-bond acceptors (Lipinski definition) is 6. The lowest BCUT2D eigenvalue weighted by Gasteiger charge is -2.20. The minimum Gasteiger partial charge on any atom is -0.390 e. The number of aliphatic hydroxyl groups is 3. The smallest absolute Gasteiger partial charge is 0.263 e. The van der Waals surface area contributed by atoms with Gasteiger partial charge in [0.25, 0.3) is 11.4 Å². The average Bonchev–Trinajstić information content (AvgIpc) is 2.55. The molecular weight excluding hydrogens is 267 g/mol.